The summed E-state index contributed by atoms with van der Waals surface area (Å²) in [5, 5.41) is 7.72. The monoisotopic (exact) mass is 305 g/mol. The van der Waals surface area contributed by atoms with Gasteiger partial charge in [0, 0.05) is 11.1 Å². The number of rotatable bonds is 3. The summed E-state index contributed by atoms with van der Waals surface area (Å²) in [5.41, 5.74) is 1.99. The SMILES string of the molecule is Cc1n[nH]c2ccc(NS(=O)(=O)c3cccc(F)c3)cc12. The molecule has 0 aliphatic carbocycles. The van der Waals surface area contributed by atoms with E-state index in [1.165, 1.54) is 18.2 Å². The molecule has 0 amide bonds. The lowest BCUT2D eigenvalue weighted by Crippen LogP contribution is -2.13. The molecular weight excluding hydrogens is 293 g/mol. The maximum Gasteiger partial charge on any atom is 0.261 e. The van der Waals surface area contributed by atoms with Crippen LogP contribution in [-0.2, 0) is 10.0 Å². The van der Waals surface area contributed by atoms with E-state index in [-0.39, 0.29) is 4.90 Å². The van der Waals surface area contributed by atoms with Gasteiger partial charge in [-0.25, -0.2) is 12.8 Å². The molecule has 0 aliphatic heterocycles. The van der Waals surface area contributed by atoms with Crippen molar-refractivity contribution in [1.29, 1.82) is 0 Å². The van der Waals surface area contributed by atoms with Gasteiger partial charge in [0.1, 0.15) is 5.82 Å². The molecule has 0 saturated carbocycles. The maximum absolute atomic E-state index is 13.2. The predicted octanol–water partition coefficient (Wildman–Crippen LogP) is 2.81. The number of hydrogen-bond acceptors (Lipinski definition) is 3. The summed E-state index contributed by atoms with van der Waals surface area (Å²) < 4.78 is 40.0. The molecule has 3 aromatic rings. The van der Waals surface area contributed by atoms with Gasteiger partial charge in [-0.05, 0) is 43.3 Å². The molecule has 0 radical (unpaired) electrons. The van der Waals surface area contributed by atoms with Crippen LogP contribution in [0.1, 0.15) is 5.69 Å². The van der Waals surface area contributed by atoms with Crippen LogP contribution in [-0.4, -0.2) is 18.6 Å². The van der Waals surface area contributed by atoms with Gasteiger partial charge in [-0.3, -0.25) is 9.82 Å². The van der Waals surface area contributed by atoms with Crippen LogP contribution < -0.4 is 4.72 Å². The Morgan fingerprint density at radius 1 is 1.19 bits per heavy atom. The van der Waals surface area contributed by atoms with Gasteiger partial charge in [0.15, 0.2) is 0 Å². The van der Waals surface area contributed by atoms with Gasteiger partial charge >= 0.3 is 0 Å². The third-order valence-electron chi connectivity index (χ3n) is 3.11. The Morgan fingerprint density at radius 2 is 2.00 bits per heavy atom. The minimum Gasteiger partial charge on any atom is -0.280 e. The summed E-state index contributed by atoms with van der Waals surface area (Å²) >= 11 is 0. The Bertz CT molecular complexity index is 919. The molecule has 0 spiro atoms. The smallest absolute Gasteiger partial charge is 0.261 e. The number of aromatic amines is 1. The zero-order chi connectivity index (χ0) is 15.0. The highest BCUT2D eigenvalue weighted by atomic mass is 32.2. The zero-order valence-electron chi connectivity index (χ0n) is 11.1. The number of H-pyrrole nitrogens is 1. The fourth-order valence-electron chi connectivity index (χ4n) is 2.06. The van der Waals surface area contributed by atoms with E-state index >= 15 is 0 Å². The number of aromatic nitrogens is 2. The van der Waals surface area contributed by atoms with Crippen LogP contribution in [0, 0.1) is 12.7 Å². The van der Waals surface area contributed by atoms with Gasteiger partial charge in [0.25, 0.3) is 10.0 Å². The number of sulfonamides is 1. The minimum atomic E-state index is -3.82. The molecule has 108 valence electrons. The van der Waals surface area contributed by atoms with Crippen molar-refractivity contribution >= 4 is 26.6 Å². The van der Waals surface area contributed by atoms with Gasteiger partial charge in [0.05, 0.1) is 16.1 Å². The molecule has 0 aliphatic rings. The van der Waals surface area contributed by atoms with E-state index in [9.17, 15) is 12.8 Å². The highest BCUT2D eigenvalue weighted by Gasteiger charge is 2.15. The number of hydrogen-bond donors (Lipinski definition) is 2. The lowest BCUT2D eigenvalue weighted by Gasteiger charge is -2.08. The van der Waals surface area contributed by atoms with E-state index in [0.29, 0.717) is 5.69 Å². The highest BCUT2D eigenvalue weighted by Crippen LogP contribution is 2.22. The van der Waals surface area contributed by atoms with Crippen molar-refractivity contribution in [1.82, 2.24) is 10.2 Å². The molecule has 21 heavy (non-hydrogen) atoms. The van der Waals surface area contributed by atoms with E-state index in [1.54, 1.807) is 18.2 Å². The first-order valence-electron chi connectivity index (χ1n) is 6.19. The summed E-state index contributed by atoms with van der Waals surface area (Å²) in [5.74, 6) is -0.598. The summed E-state index contributed by atoms with van der Waals surface area (Å²) in [7, 11) is -3.82. The second-order valence-corrected chi connectivity index (χ2v) is 6.31. The average molecular weight is 305 g/mol. The quantitative estimate of drug-likeness (QED) is 0.781. The standard InChI is InChI=1S/C14H12FN3O2S/c1-9-13-8-11(5-6-14(13)17-16-9)18-21(19,20)12-4-2-3-10(15)7-12/h2-8,18H,1H3,(H,16,17). The summed E-state index contributed by atoms with van der Waals surface area (Å²) in [6, 6.07) is 9.91. The fraction of sp³-hybridized carbons (Fsp3) is 0.0714. The van der Waals surface area contributed by atoms with Crippen LogP contribution in [0.25, 0.3) is 10.9 Å². The first-order chi connectivity index (χ1) is 9.95. The van der Waals surface area contributed by atoms with Crippen molar-refractivity contribution in [3.05, 3.63) is 54.0 Å². The van der Waals surface area contributed by atoms with Crippen molar-refractivity contribution in [3.63, 3.8) is 0 Å². The van der Waals surface area contributed by atoms with E-state index in [4.69, 9.17) is 0 Å². The van der Waals surface area contributed by atoms with Gasteiger partial charge < -0.3 is 0 Å². The number of nitrogens with one attached hydrogen (secondary N) is 2. The molecular formula is C14H12FN3O2S. The first-order valence-corrected chi connectivity index (χ1v) is 7.67. The van der Waals surface area contributed by atoms with Crippen molar-refractivity contribution in [2.45, 2.75) is 11.8 Å². The van der Waals surface area contributed by atoms with Crippen molar-refractivity contribution in [2.24, 2.45) is 0 Å². The molecule has 7 heteroatoms. The van der Waals surface area contributed by atoms with Crippen LogP contribution in [0.3, 0.4) is 0 Å². The van der Waals surface area contributed by atoms with E-state index in [0.717, 1.165) is 22.7 Å². The molecule has 3 rings (SSSR count). The zero-order valence-corrected chi connectivity index (χ0v) is 11.9. The summed E-state index contributed by atoms with van der Waals surface area (Å²) in [6.07, 6.45) is 0. The van der Waals surface area contributed by atoms with Crippen molar-refractivity contribution < 1.29 is 12.8 Å². The Labute approximate surface area is 120 Å². The summed E-state index contributed by atoms with van der Waals surface area (Å²) in [4.78, 5) is -0.119. The second-order valence-electron chi connectivity index (χ2n) is 4.63. The Balaban J connectivity index is 1.98. The number of anilines is 1. The van der Waals surface area contributed by atoms with E-state index < -0.39 is 15.8 Å². The third-order valence-corrected chi connectivity index (χ3v) is 4.49. The lowest BCUT2D eigenvalue weighted by atomic mass is 10.2. The van der Waals surface area contributed by atoms with Gasteiger partial charge in [-0.1, -0.05) is 6.07 Å². The summed E-state index contributed by atoms with van der Waals surface area (Å²) in [6.45, 7) is 1.82. The van der Waals surface area contributed by atoms with Crippen LogP contribution in [0.15, 0.2) is 47.4 Å². The second kappa shape index (κ2) is 4.85. The highest BCUT2D eigenvalue weighted by molar-refractivity contribution is 7.92. The van der Waals surface area contributed by atoms with Crippen molar-refractivity contribution in [3.8, 4) is 0 Å². The molecule has 2 N–H and O–H groups in total. The van der Waals surface area contributed by atoms with Crippen LogP contribution in [0.5, 0.6) is 0 Å². The normalized spacial score (nSPS) is 11.7. The van der Waals surface area contributed by atoms with Gasteiger partial charge in [0.2, 0.25) is 0 Å². The average Bonchev–Trinajstić information content (AvgIpc) is 2.80. The molecule has 1 heterocycles. The molecule has 0 unspecified atom stereocenters. The molecule has 0 bridgehead atoms. The molecule has 2 aromatic carbocycles. The number of aryl methyl sites for hydroxylation is 1. The number of halogens is 1. The van der Waals surface area contributed by atoms with Gasteiger partial charge in [-0.15, -0.1) is 0 Å². The maximum atomic E-state index is 13.2. The molecule has 0 saturated heterocycles. The first kappa shape index (κ1) is 13.6. The van der Waals surface area contributed by atoms with E-state index in [2.05, 4.69) is 14.9 Å². The topological polar surface area (TPSA) is 74.8 Å². The molecule has 5 nitrogen and oxygen atoms in total. The fourth-order valence-corrected chi connectivity index (χ4v) is 3.14. The Hall–Kier alpha value is -2.41. The third kappa shape index (κ3) is 2.59. The minimum absolute atomic E-state index is 0.119. The van der Waals surface area contributed by atoms with Crippen LogP contribution >= 0.6 is 0 Å². The number of benzene rings is 2. The van der Waals surface area contributed by atoms with Crippen LogP contribution in [0.2, 0.25) is 0 Å². The molecule has 0 fully saturated rings. The Morgan fingerprint density at radius 3 is 2.76 bits per heavy atom. The molecule has 0 atom stereocenters. The Kier molecular flexibility index (Phi) is 3.13. The van der Waals surface area contributed by atoms with Crippen LogP contribution in [0.4, 0.5) is 10.1 Å². The lowest BCUT2D eigenvalue weighted by molar-refractivity contribution is 0.595. The largest absolute Gasteiger partial charge is 0.280 e. The number of fused-ring (bicyclic) bond motifs is 1. The van der Waals surface area contributed by atoms with E-state index in [1.807, 2.05) is 6.92 Å². The predicted molar refractivity (Wildman–Crippen MR) is 78.0 cm³/mol. The molecule has 1 aromatic heterocycles. The number of nitrogens with zero attached hydrogens (tertiary/aromatic N) is 1. The van der Waals surface area contributed by atoms with Crippen molar-refractivity contribution in [2.75, 3.05) is 4.72 Å². The van der Waals surface area contributed by atoms with Gasteiger partial charge in [-0.2, -0.15) is 5.10 Å².